The van der Waals surface area contributed by atoms with Crippen LogP contribution >= 0.6 is 15.9 Å². The SMILES string of the molecule is CC(=O)c1ccc(F)c(O)c1Br. The van der Waals surface area contributed by atoms with Gasteiger partial charge in [-0.2, -0.15) is 0 Å². The van der Waals surface area contributed by atoms with Crippen molar-refractivity contribution in [2.24, 2.45) is 0 Å². The van der Waals surface area contributed by atoms with Crippen molar-refractivity contribution in [1.29, 1.82) is 0 Å². The zero-order valence-electron chi connectivity index (χ0n) is 6.27. The Kier molecular flexibility index (Phi) is 2.47. The van der Waals surface area contributed by atoms with E-state index in [0.717, 1.165) is 6.07 Å². The van der Waals surface area contributed by atoms with Crippen LogP contribution in [0, 0.1) is 5.82 Å². The number of hydrogen-bond acceptors (Lipinski definition) is 2. The van der Waals surface area contributed by atoms with Crippen LogP contribution in [0.2, 0.25) is 0 Å². The Morgan fingerprint density at radius 3 is 2.67 bits per heavy atom. The molecule has 1 rings (SSSR count). The van der Waals surface area contributed by atoms with Crippen LogP contribution in [-0.2, 0) is 0 Å². The highest BCUT2D eigenvalue weighted by molar-refractivity contribution is 9.10. The van der Waals surface area contributed by atoms with Crippen LogP contribution in [0.5, 0.6) is 5.75 Å². The van der Waals surface area contributed by atoms with E-state index in [2.05, 4.69) is 15.9 Å². The molecule has 0 radical (unpaired) electrons. The molecule has 0 atom stereocenters. The molecule has 2 nitrogen and oxygen atoms in total. The fourth-order valence-corrected chi connectivity index (χ4v) is 1.41. The third kappa shape index (κ3) is 1.48. The van der Waals surface area contributed by atoms with Gasteiger partial charge in [-0.3, -0.25) is 4.79 Å². The first-order valence-corrected chi connectivity index (χ1v) is 4.01. The quantitative estimate of drug-likeness (QED) is 0.756. The molecule has 0 fully saturated rings. The van der Waals surface area contributed by atoms with E-state index in [1.807, 2.05) is 0 Å². The largest absolute Gasteiger partial charge is 0.504 e. The van der Waals surface area contributed by atoms with Gasteiger partial charge in [0.05, 0.1) is 4.47 Å². The summed E-state index contributed by atoms with van der Waals surface area (Å²) in [6.45, 7) is 1.34. The van der Waals surface area contributed by atoms with Gasteiger partial charge in [-0.25, -0.2) is 4.39 Å². The van der Waals surface area contributed by atoms with E-state index < -0.39 is 11.6 Å². The molecule has 64 valence electrons. The van der Waals surface area contributed by atoms with Gasteiger partial charge in [-0.15, -0.1) is 0 Å². The first kappa shape index (κ1) is 9.19. The predicted octanol–water partition coefficient (Wildman–Crippen LogP) is 2.50. The van der Waals surface area contributed by atoms with E-state index in [1.165, 1.54) is 13.0 Å². The van der Waals surface area contributed by atoms with Crippen LogP contribution in [0.3, 0.4) is 0 Å². The molecule has 0 spiro atoms. The van der Waals surface area contributed by atoms with Gasteiger partial charge in [-0.05, 0) is 35.0 Å². The number of ketones is 1. The van der Waals surface area contributed by atoms with E-state index in [4.69, 9.17) is 5.11 Å². The van der Waals surface area contributed by atoms with Crippen molar-refractivity contribution < 1.29 is 14.3 Å². The van der Waals surface area contributed by atoms with Gasteiger partial charge in [0.15, 0.2) is 17.3 Å². The third-order valence-electron chi connectivity index (χ3n) is 1.45. The molecule has 0 amide bonds. The van der Waals surface area contributed by atoms with Crippen molar-refractivity contribution >= 4 is 21.7 Å². The van der Waals surface area contributed by atoms with E-state index in [-0.39, 0.29) is 15.8 Å². The Morgan fingerprint density at radius 2 is 2.17 bits per heavy atom. The van der Waals surface area contributed by atoms with Gasteiger partial charge in [0.25, 0.3) is 0 Å². The van der Waals surface area contributed by atoms with Crippen molar-refractivity contribution in [2.45, 2.75) is 6.92 Å². The monoisotopic (exact) mass is 232 g/mol. The lowest BCUT2D eigenvalue weighted by Gasteiger charge is -2.02. The normalized spacial score (nSPS) is 9.92. The predicted molar refractivity (Wildman–Crippen MR) is 45.8 cm³/mol. The van der Waals surface area contributed by atoms with Crippen LogP contribution in [0.4, 0.5) is 4.39 Å². The van der Waals surface area contributed by atoms with E-state index in [0.29, 0.717) is 0 Å². The van der Waals surface area contributed by atoms with Crippen molar-refractivity contribution in [3.05, 3.63) is 28.0 Å². The van der Waals surface area contributed by atoms with Gasteiger partial charge >= 0.3 is 0 Å². The van der Waals surface area contributed by atoms with Crippen LogP contribution < -0.4 is 0 Å². The van der Waals surface area contributed by atoms with Crippen molar-refractivity contribution in [3.63, 3.8) is 0 Å². The van der Waals surface area contributed by atoms with Gasteiger partial charge in [0, 0.05) is 5.56 Å². The van der Waals surface area contributed by atoms with E-state index in [1.54, 1.807) is 0 Å². The Morgan fingerprint density at radius 1 is 1.58 bits per heavy atom. The Labute approximate surface area is 77.2 Å². The second-order valence-electron chi connectivity index (χ2n) is 2.31. The minimum atomic E-state index is -0.744. The van der Waals surface area contributed by atoms with Crippen LogP contribution in [0.15, 0.2) is 16.6 Å². The van der Waals surface area contributed by atoms with Crippen LogP contribution in [-0.4, -0.2) is 10.9 Å². The molecule has 0 unspecified atom stereocenters. The summed E-state index contributed by atoms with van der Waals surface area (Å²) in [4.78, 5) is 10.9. The molecule has 0 aliphatic heterocycles. The summed E-state index contributed by atoms with van der Waals surface area (Å²) in [6.07, 6.45) is 0. The molecule has 0 bridgehead atoms. The standard InChI is InChI=1S/C8H6BrFO2/c1-4(11)5-2-3-6(10)8(12)7(5)9/h2-3,12H,1H3. The minimum Gasteiger partial charge on any atom is -0.504 e. The molecule has 0 aliphatic carbocycles. The summed E-state index contributed by atoms with van der Waals surface area (Å²) in [7, 11) is 0. The first-order chi connectivity index (χ1) is 5.54. The highest BCUT2D eigenvalue weighted by atomic mass is 79.9. The zero-order valence-corrected chi connectivity index (χ0v) is 7.85. The average Bonchev–Trinajstić information content (AvgIpc) is 2.00. The smallest absolute Gasteiger partial charge is 0.166 e. The number of phenolic OH excluding ortho intramolecular Hbond substituents is 1. The number of carbonyl (C=O) groups is 1. The molecule has 0 heterocycles. The van der Waals surface area contributed by atoms with E-state index in [9.17, 15) is 9.18 Å². The third-order valence-corrected chi connectivity index (χ3v) is 2.25. The molecule has 0 saturated heterocycles. The number of carbonyl (C=O) groups excluding carboxylic acids is 1. The highest BCUT2D eigenvalue weighted by Gasteiger charge is 2.12. The summed E-state index contributed by atoms with van der Waals surface area (Å²) >= 11 is 2.92. The van der Waals surface area contributed by atoms with Crippen molar-refractivity contribution in [2.75, 3.05) is 0 Å². The summed E-state index contributed by atoms with van der Waals surface area (Å²) < 4.78 is 12.7. The van der Waals surface area contributed by atoms with Crippen LogP contribution in [0.1, 0.15) is 17.3 Å². The number of benzene rings is 1. The Balaban J connectivity index is 3.36. The number of rotatable bonds is 1. The second-order valence-corrected chi connectivity index (χ2v) is 3.11. The molecule has 0 aliphatic rings. The lowest BCUT2D eigenvalue weighted by Crippen LogP contribution is -1.94. The number of hydrogen-bond donors (Lipinski definition) is 1. The molecule has 1 N–H and O–H groups in total. The first-order valence-electron chi connectivity index (χ1n) is 3.22. The van der Waals surface area contributed by atoms with Gasteiger partial charge < -0.3 is 5.11 Å². The Hall–Kier alpha value is -0.900. The number of Topliss-reactive ketones (excluding diaryl/α,β-unsaturated/α-hetero) is 1. The molecule has 1 aromatic rings. The summed E-state index contributed by atoms with van der Waals surface area (Å²) in [6, 6.07) is 2.37. The molecular formula is C8H6BrFO2. The van der Waals surface area contributed by atoms with E-state index >= 15 is 0 Å². The maximum absolute atomic E-state index is 12.6. The topological polar surface area (TPSA) is 37.3 Å². The van der Waals surface area contributed by atoms with Crippen LogP contribution in [0.25, 0.3) is 0 Å². The van der Waals surface area contributed by atoms with Gasteiger partial charge in [-0.1, -0.05) is 0 Å². The second kappa shape index (κ2) is 3.23. The zero-order chi connectivity index (χ0) is 9.30. The minimum absolute atomic E-state index is 0.106. The fourth-order valence-electron chi connectivity index (χ4n) is 0.813. The molecule has 1 aromatic carbocycles. The molecule has 0 aromatic heterocycles. The van der Waals surface area contributed by atoms with Gasteiger partial charge in [0.1, 0.15) is 0 Å². The molecule has 4 heteroatoms. The average molecular weight is 233 g/mol. The van der Waals surface area contributed by atoms with Crippen molar-refractivity contribution in [3.8, 4) is 5.75 Å². The Bertz CT molecular complexity index is 336. The molecular weight excluding hydrogens is 227 g/mol. The summed E-state index contributed by atoms with van der Waals surface area (Å²) in [5, 5.41) is 9.06. The van der Waals surface area contributed by atoms with Crippen molar-refractivity contribution in [1.82, 2.24) is 0 Å². The fraction of sp³-hybridized carbons (Fsp3) is 0.125. The highest BCUT2D eigenvalue weighted by Crippen LogP contribution is 2.30. The summed E-state index contributed by atoms with van der Waals surface area (Å²) in [5.74, 6) is -1.49. The summed E-state index contributed by atoms with van der Waals surface area (Å²) in [5.41, 5.74) is 0.272. The molecule has 0 saturated carbocycles. The maximum atomic E-state index is 12.6. The molecule has 12 heavy (non-hydrogen) atoms. The lowest BCUT2D eigenvalue weighted by atomic mass is 10.1. The number of phenols is 1. The lowest BCUT2D eigenvalue weighted by molar-refractivity contribution is 0.101. The maximum Gasteiger partial charge on any atom is 0.166 e. The number of aromatic hydroxyl groups is 1. The van der Waals surface area contributed by atoms with Gasteiger partial charge in [0.2, 0.25) is 0 Å². The number of halogens is 2.